The fraction of sp³-hybridized carbons (Fsp3) is 0.0857. The highest BCUT2D eigenvalue weighted by atomic mass is 19.1. The van der Waals surface area contributed by atoms with E-state index in [4.69, 9.17) is 9.84 Å². The molecule has 0 aliphatic carbocycles. The number of non-ortho nitro benzene ring substituents is 1. The normalized spacial score (nSPS) is 13.3. The summed E-state index contributed by atoms with van der Waals surface area (Å²) in [5.74, 6) is -0.588. The van der Waals surface area contributed by atoms with Crippen molar-refractivity contribution in [3.8, 4) is 11.3 Å². The molecule has 0 atom stereocenters. The Morgan fingerprint density at radius 1 is 0.795 bits per heavy atom. The molecule has 7 rings (SSSR count). The van der Waals surface area contributed by atoms with Gasteiger partial charge in [-0.3, -0.25) is 15.0 Å². The predicted octanol–water partition coefficient (Wildman–Crippen LogP) is 7.55. The zero-order valence-electron chi connectivity index (χ0n) is 23.3. The van der Waals surface area contributed by atoms with E-state index in [1.54, 1.807) is 18.2 Å². The van der Waals surface area contributed by atoms with Crippen molar-refractivity contribution in [2.75, 3.05) is 18.1 Å². The maximum atomic E-state index is 15.1. The number of hydrogen-bond donors (Lipinski definition) is 0. The van der Waals surface area contributed by atoms with Gasteiger partial charge in [0.15, 0.2) is 0 Å². The average molecular weight is 585 g/mol. The molecule has 5 aromatic carbocycles. The number of halogens is 1. The van der Waals surface area contributed by atoms with E-state index in [1.165, 1.54) is 23.1 Å². The van der Waals surface area contributed by atoms with Crippen molar-refractivity contribution in [3.05, 3.63) is 160 Å². The van der Waals surface area contributed by atoms with Crippen LogP contribution >= 0.6 is 0 Å². The molecule has 44 heavy (non-hydrogen) atoms. The highest BCUT2D eigenvalue weighted by molar-refractivity contribution is 5.97. The molecule has 0 saturated carbocycles. The van der Waals surface area contributed by atoms with Crippen LogP contribution in [0.25, 0.3) is 22.2 Å². The summed E-state index contributed by atoms with van der Waals surface area (Å²) in [6.45, 7) is 0.360. The molecule has 1 aliphatic heterocycles. The molecule has 1 aliphatic rings. The number of hydrogen-bond acceptors (Lipinski definition) is 5. The van der Waals surface area contributed by atoms with Gasteiger partial charge in [-0.1, -0.05) is 91.0 Å². The Hall–Kier alpha value is -5.83. The summed E-state index contributed by atoms with van der Waals surface area (Å²) in [5, 5.41) is 17.7. The molecular formula is C35H25FN4O4. The van der Waals surface area contributed by atoms with Gasteiger partial charge in [0.2, 0.25) is 0 Å². The highest BCUT2D eigenvalue weighted by Crippen LogP contribution is 2.44. The van der Waals surface area contributed by atoms with Gasteiger partial charge in [0.25, 0.3) is 5.69 Å². The number of aromatic nitrogens is 2. The molecule has 0 bridgehead atoms. The zero-order valence-corrected chi connectivity index (χ0v) is 23.3. The number of nitrogens with zero attached hydrogens (tertiary/aromatic N) is 4. The number of carbonyl (C=O) groups excluding carboxylic acids is 1. The third kappa shape index (κ3) is 4.29. The van der Waals surface area contributed by atoms with Gasteiger partial charge in [0, 0.05) is 23.1 Å². The second kappa shape index (κ2) is 10.8. The SMILES string of the molecule is O=C1OCCN1c1cc(-c2nn(C(c3ccccc3)(c3ccccc3)c3ccccc3)c3ccc([N+](=O)[O-])cc23)ccc1F. The molecule has 6 aromatic rings. The summed E-state index contributed by atoms with van der Waals surface area (Å²) in [6, 6.07) is 38.9. The van der Waals surface area contributed by atoms with E-state index >= 15 is 4.39 Å². The summed E-state index contributed by atoms with van der Waals surface area (Å²) >= 11 is 0. The first kappa shape index (κ1) is 27.0. The fourth-order valence-corrected chi connectivity index (χ4v) is 6.07. The van der Waals surface area contributed by atoms with E-state index in [9.17, 15) is 14.9 Å². The van der Waals surface area contributed by atoms with Crippen molar-refractivity contribution in [1.82, 2.24) is 9.78 Å². The van der Waals surface area contributed by atoms with Crippen LogP contribution in [0, 0.1) is 15.9 Å². The lowest BCUT2D eigenvalue weighted by Crippen LogP contribution is -2.38. The number of fused-ring (bicyclic) bond motifs is 1. The van der Waals surface area contributed by atoms with E-state index < -0.39 is 22.4 Å². The van der Waals surface area contributed by atoms with Crippen LogP contribution in [0.2, 0.25) is 0 Å². The number of carbonyl (C=O) groups is 1. The molecule has 0 unspecified atom stereocenters. The van der Waals surface area contributed by atoms with E-state index in [1.807, 2.05) is 95.7 Å². The summed E-state index contributed by atoms with van der Waals surface area (Å²) in [5.41, 5.74) is 3.25. The molecule has 1 saturated heterocycles. The topological polar surface area (TPSA) is 90.5 Å². The van der Waals surface area contributed by atoms with Gasteiger partial charge < -0.3 is 4.74 Å². The predicted molar refractivity (Wildman–Crippen MR) is 165 cm³/mol. The Labute approximate surface area is 251 Å². The number of rotatable bonds is 7. The molecule has 0 radical (unpaired) electrons. The third-order valence-electron chi connectivity index (χ3n) is 8.04. The van der Waals surface area contributed by atoms with E-state index in [0.29, 0.717) is 22.2 Å². The van der Waals surface area contributed by atoms with Crippen LogP contribution in [0.1, 0.15) is 16.7 Å². The minimum absolute atomic E-state index is 0.0542. The number of benzene rings is 5. The van der Waals surface area contributed by atoms with Crippen LogP contribution in [0.5, 0.6) is 0 Å². The monoisotopic (exact) mass is 584 g/mol. The first-order valence-electron chi connectivity index (χ1n) is 14.1. The Bertz CT molecular complexity index is 1920. The van der Waals surface area contributed by atoms with Crippen LogP contribution in [0.4, 0.5) is 20.6 Å². The van der Waals surface area contributed by atoms with Crippen molar-refractivity contribution in [2.24, 2.45) is 0 Å². The largest absolute Gasteiger partial charge is 0.447 e. The van der Waals surface area contributed by atoms with Gasteiger partial charge in [-0.25, -0.2) is 13.9 Å². The molecule has 0 N–H and O–H groups in total. The van der Waals surface area contributed by atoms with E-state index in [0.717, 1.165) is 16.7 Å². The summed E-state index contributed by atoms with van der Waals surface area (Å²) in [6.07, 6.45) is -0.636. The average Bonchev–Trinajstić information content (AvgIpc) is 3.67. The van der Waals surface area contributed by atoms with Crippen LogP contribution < -0.4 is 4.90 Å². The smallest absolute Gasteiger partial charge is 0.414 e. The second-order valence-electron chi connectivity index (χ2n) is 10.5. The Kier molecular flexibility index (Phi) is 6.62. The van der Waals surface area contributed by atoms with Crippen LogP contribution in [-0.2, 0) is 10.3 Å². The van der Waals surface area contributed by atoms with E-state index in [2.05, 4.69) is 0 Å². The molecule has 1 amide bonds. The first-order valence-corrected chi connectivity index (χ1v) is 14.1. The molecule has 8 nitrogen and oxygen atoms in total. The minimum Gasteiger partial charge on any atom is -0.447 e. The van der Waals surface area contributed by atoms with Crippen molar-refractivity contribution in [1.29, 1.82) is 0 Å². The number of nitro groups is 1. The van der Waals surface area contributed by atoms with Crippen molar-refractivity contribution in [3.63, 3.8) is 0 Å². The van der Waals surface area contributed by atoms with Gasteiger partial charge in [-0.05, 0) is 41.0 Å². The van der Waals surface area contributed by atoms with Gasteiger partial charge in [0.1, 0.15) is 23.7 Å². The maximum Gasteiger partial charge on any atom is 0.414 e. The van der Waals surface area contributed by atoms with Crippen LogP contribution in [-0.4, -0.2) is 33.9 Å². The lowest BCUT2D eigenvalue weighted by atomic mass is 9.77. The maximum absolute atomic E-state index is 15.1. The van der Waals surface area contributed by atoms with Crippen LogP contribution in [0.15, 0.2) is 127 Å². The molecule has 1 fully saturated rings. The van der Waals surface area contributed by atoms with Gasteiger partial charge in [0.05, 0.1) is 22.7 Å². The lowest BCUT2D eigenvalue weighted by Gasteiger charge is -2.37. The molecule has 9 heteroatoms. The first-order chi connectivity index (χ1) is 21.5. The number of cyclic esters (lactones) is 1. The summed E-state index contributed by atoms with van der Waals surface area (Å²) < 4.78 is 22.0. The minimum atomic E-state index is -1.00. The third-order valence-corrected chi connectivity index (χ3v) is 8.04. The standard InChI is InChI=1S/C35H25FN4O4/c36-30-18-16-24(22-32(30)38-20-21-44-34(38)41)33-29-23-28(40(42)43)17-19-31(29)39(37-33)35(25-10-4-1-5-11-25,26-12-6-2-7-13-26)27-14-8-3-9-15-27/h1-19,22-23H,20-21H2. The fourth-order valence-electron chi connectivity index (χ4n) is 6.07. The highest BCUT2D eigenvalue weighted by Gasteiger charge is 2.41. The van der Waals surface area contributed by atoms with Crippen molar-refractivity contribution >= 4 is 28.4 Å². The van der Waals surface area contributed by atoms with E-state index in [-0.39, 0.29) is 24.5 Å². The lowest BCUT2D eigenvalue weighted by molar-refractivity contribution is -0.384. The van der Waals surface area contributed by atoms with Gasteiger partial charge in [-0.2, -0.15) is 5.10 Å². The number of ether oxygens (including phenoxy) is 1. The van der Waals surface area contributed by atoms with Crippen LogP contribution in [0.3, 0.4) is 0 Å². The Balaban J connectivity index is 1.59. The number of amides is 1. The van der Waals surface area contributed by atoms with Gasteiger partial charge in [-0.15, -0.1) is 0 Å². The summed E-state index contributed by atoms with van der Waals surface area (Å²) in [7, 11) is 0. The van der Waals surface area contributed by atoms with Gasteiger partial charge >= 0.3 is 6.09 Å². The molecule has 0 spiro atoms. The Morgan fingerprint density at radius 2 is 1.39 bits per heavy atom. The number of nitro benzene ring substituents is 1. The van der Waals surface area contributed by atoms with Crippen molar-refractivity contribution < 1.29 is 18.8 Å². The molecule has 1 aromatic heterocycles. The summed E-state index contributed by atoms with van der Waals surface area (Å²) in [4.78, 5) is 25.1. The van der Waals surface area contributed by atoms with Crippen molar-refractivity contribution in [2.45, 2.75) is 5.54 Å². The molecule has 2 heterocycles. The molecular weight excluding hydrogens is 559 g/mol. The quantitative estimate of drug-likeness (QED) is 0.110. The molecule has 216 valence electrons. The zero-order chi connectivity index (χ0) is 30.3. The second-order valence-corrected chi connectivity index (χ2v) is 10.5. The Morgan fingerprint density at radius 3 is 1.91 bits per heavy atom. The number of anilines is 1.